The number of nitrogens with one attached hydrogen (secondary N) is 1. The molecule has 1 amide bonds. The van der Waals surface area contributed by atoms with Crippen molar-refractivity contribution in [2.24, 2.45) is 4.99 Å². The van der Waals surface area contributed by atoms with Gasteiger partial charge in [0.15, 0.2) is 5.96 Å². The van der Waals surface area contributed by atoms with Gasteiger partial charge in [-0.3, -0.25) is 9.89 Å². The third-order valence-electron chi connectivity index (χ3n) is 5.73. The first-order valence-electron chi connectivity index (χ1n) is 11.7. The summed E-state index contributed by atoms with van der Waals surface area (Å²) in [6.45, 7) is 12.5. The molecule has 2 heterocycles. The van der Waals surface area contributed by atoms with E-state index in [-0.39, 0.29) is 36.2 Å². The first-order valence-corrected chi connectivity index (χ1v) is 11.7. The van der Waals surface area contributed by atoms with Crippen molar-refractivity contribution in [1.82, 2.24) is 20.0 Å². The van der Waals surface area contributed by atoms with Crippen molar-refractivity contribution in [3.63, 3.8) is 0 Å². The Balaban J connectivity index is 0.00000385. The number of guanidine groups is 1. The number of aliphatic imine (C=N–C) groups is 1. The van der Waals surface area contributed by atoms with Crippen LogP contribution in [0.25, 0.3) is 0 Å². The first-order chi connectivity index (χ1) is 15.3. The largest absolute Gasteiger partial charge is 0.490 e. The van der Waals surface area contributed by atoms with Crippen LogP contribution < -0.4 is 10.1 Å². The Hall–Kier alpha value is -1.75. The van der Waals surface area contributed by atoms with E-state index in [4.69, 9.17) is 9.47 Å². The molecular weight excluding hydrogens is 533 g/mol. The topological polar surface area (TPSA) is 69.6 Å². The number of benzene rings is 1. The van der Waals surface area contributed by atoms with Gasteiger partial charge in [-0.1, -0.05) is 18.2 Å². The summed E-state index contributed by atoms with van der Waals surface area (Å²) >= 11 is 0. The first kappa shape index (κ1) is 27.5. The van der Waals surface area contributed by atoms with Crippen LogP contribution in [0.4, 0.5) is 4.79 Å². The fourth-order valence-corrected chi connectivity index (χ4v) is 4.02. The summed E-state index contributed by atoms with van der Waals surface area (Å²) in [5.74, 6) is 1.90. The summed E-state index contributed by atoms with van der Waals surface area (Å²) in [6, 6.07) is 10.0. The fraction of sp³-hybridized carbons (Fsp3) is 0.667. The number of piperazine rings is 1. The van der Waals surface area contributed by atoms with E-state index in [1.807, 2.05) is 58.2 Å². The molecule has 0 bridgehead atoms. The van der Waals surface area contributed by atoms with Crippen LogP contribution in [-0.4, -0.2) is 97.9 Å². The third-order valence-corrected chi connectivity index (χ3v) is 5.73. The van der Waals surface area contributed by atoms with Crippen molar-refractivity contribution in [3.05, 3.63) is 30.3 Å². The second-order valence-corrected chi connectivity index (χ2v) is 9.40. The minimum Gasteiger partial charge on any atom is -0.490 e. The van der Waals surface area contributed by atoms with Gasteiger partial charge in [0, 0.05) is 72.2 Å². The number of ether oxygens (including phenoxy) is 2. The van der Waals surface area contributed by atoms with E-state index in [0.717, 1.165) is 63.8 Å². The predicted octanol–water partition coefficient (Wildman–Crippen LogP) is 3.28. The number of carbonyl (C=O) groups excluding carboxylic acids is 1. The zero-order valence-electron chi connectivity index (χ0n) is 20.5. The average Bonchev–Trinajstić information content (AvgIpc) is 2.77. The van der Waals surface area contributed by atoms with Crippen molar-refractivity contribution < 1.29 is 14.3 Å². The van der Waals surface area contributed by atoms with Crippen LogP contribution in [0, 0.1) is 0 Å². The molecule has 0 spiro atoms. The van der Waals surface area contributed by atoms with E-state index in [1.54, 1.807) is 4.90 Å². The highest BCUT2D eigenvalue weighted by molar-refractivity contribution is 14.0. The smallest absolute Gasteiger partial charge is 0.410 e. The Labute approximate surface area is 215 Å². The van der Waals surface area contributed by atoms with Crippen molar-refractivity contribution >= 4 is 36.0 Å². The summed E-state index contributed by atoms with van der Waals surface area (Å²) in [5.41, 5.74) is -0.448. The van der Waals surface area contributed by atoms with Crippen LogP contribution in [0.15, 0.2) is 35.3 Å². The van der Waals surface area contributed by atoms with Gasteiger partial charge in [-0.25, -0.2) is 4.79 Å². The number of piperidine rings is 1. The molecule has 2 fully saturated rings. The number of likely N-dealkylation sites (tertiary alicyclic amines) is 1. The maximum Gasteiger partial charge on any atom is 0.410 e. The Morgan fingerprint density at radius 2 is 1.67 bits per heavy atom. The van der Waals surface area contributed by atoms with Gasteiger partial charge in [-0.05, 0) is 32.9 Å². The summed E-state index contributed by atoms with van der Waals surface area (Å²) in [6.07, 6.45) is 2.02. The highest BCUT2D eigenvalue weighted by atomic mass is 127. The van der Waals surface area contributed by atoms with Crippen LogP contribution in [0.2, 0.25) is 0 Å². The van der Waals surface area contributed by atoms with Gasteiger partial charge in [0.1, 0.15) is 17.5 Å². The third kappa shape index (κ3) is 9.19. The van der Waals surface area contributed by atoms with Gasteiger partial charge in [-0.2, -0.15) is 0 Å². The van der Waals surface area contributed by atoms with E-state index in [1.165, 1.54) is 0 Å². The molecule has 186 valence electrons. The maximum atomic E-state index is 12.2. The molecule has 33 heavy (non-hydrogen) atoms. The molecule has 9 heteroatoms. The average molecular weight is 574 g/mol. The summed E-state index contributed by atoms with van der Waals surface area (Å²) in [4.78, 5) is 23.2. The van der Waals surface area contributed by atoms with E-state index in [2.05, 4.69) is 20.1 Å². The Kier molecular flexibility index (Phi) is 11.0. The molecule has 1 aromatic carbocycles. The molecule has 0 aromatic heterocycles. The van der Waals surface area contributed by atoms with Gasteiger partial charge in [0.25, 0.3) is 0 Å². The minimum atomic E-state index is -0.448. The number of hydrogen-bond acceptors (Lipinski definition) is 5. The van der Waals surface area contributed by atoms with Gasteiger partial charge in [0.05, 0.1) is 0 Å². The summed E-state index contributed by atoms with van der Waals surface area (Å²) < 4.78 is 11.6. The van der Waals surface area contributed by atoms with Crippen LogP contribution in [0.5, 0.6) is 5.75 Å². The molecule has 2 saturated heterocycles. The molecule has 0 atom stereocenters. The van der Waals surface area contributed by atoms with Crippen molar-refractivity contribution in [2.75, 3.05) is 59.4 Å². The molecule has 2 aliphatic rings. The van der Waals surface area contributed by atoms with Crippen molar-refractivity contribution in [1.29, 1.82) is 0 Å². The Morgan fingerprint density at radius 1 is 1.03 bits per heavy atom. The molecule has 1 N–H and O–H groups in total. The van der Waals surface area contributed by atoms with Crippen LogP contribution in [-0.2, 0) is 4.74 Å². The van der Waals surface area contributed by atoms with Gasteiger partial charge in [0.2, 0.25) is 0 Å². The van der Waals surface area contributed by atoms with E-state index in [9.17, 15) is 4.79 Å². The molecule has 0 radical (unpaired) electrons. The molecular formula is C24H40IN5O3. The lowest BCUT2D eigenvalue weighted by molar-refractivity contribution is 0.0147. The normalized spacial score (nSPS) is 18.5. The number of hydrogen-bond donors (Lipinski definition) is 1. The second kappa shape index (κ2) is 13.2. The number of amides is 1. The second-order valence-electron chi connectivity index (χ2n) is 9.40. The van der Waals surface area contributed by atoms with Crippen molar-refractivity contribution in [2.45, 2.75) is 45.3 Å². The number of halogens is 1. The number of nitrogens with zero attached hydrogens (tertiary/aromatic N) is 4. The monoisotopic (exact) mass is 573 g/mol. The van der Waals surface area contributed by atoms with Gasteiger partial charge in [-0.15, -0.1) is 24.0 Å². The Bertz CT molecular complexity index is 740. The lowest BCUT2D eigenvalue weighted by Gasteiger charge is -2.36. The molecule has 0 saturated carbocycles. The van der Waals surface area contributed by atoms with Crippen LogP contribution in [0.1, 0.15) is 33.6 Å². The number of para-hydroxylation sites is 1. The fourth-order valence-electron chi connectivity index (χ4n) is 4.02. The molecule has 2 aliphatic heterocycles. The zero-order valence-corrected chi connectivity index (χ0v) is 22.8. The standard InChI is InChI=1S/C24H39N5O3.HI/c1-24(2,3)32-23(30)29-18-16-27(17-19-29)15-12-26-22(25-4)28-13-10-21(11-14-28)31-20-8-6-5-7-9-20;/h5-9,21H,10-19H2,1-4H3,(H,25,26);1H. The number of carbonyl (C=O) groups is 1. The highest BCUT2D eigenvalue weighted by Gasteiger charge is 2.26. The summed E-state index contributed by atoms with van der Waals surface area (Å²) in [5, 5.41) is 3.50. The predicted molar refractivity (Wildman–Crippen MR) is 143 cm³/mol. The quantitative estimate of drug-likeness (QED) is 0.332. The number of rotatable bonds is 5. The van der Waals surface area contributed by atoms with Crippen LogP contribution >= 0.6 is 24.0 Å². The minimum absolute atomic E-state index is 0. The molecule has 0 unspecified atom stereocenters. The van der Waals surface area contributed by atoms with E-state index < -0.39 is 5.60 Å². The van der Waals surface area contributed by atoms with E-state index >= 15 is 0 Å². The van der Waals surface area contributed by atoms with Gasteiger partial charge < -0.3 is 24.6 Å². The maximum absolute atomic E-state index is 12.2. The summed E-state index contributed by atoms with van der Waals surface area (Å²) in [7, 11) is 1.84. The SMILES string of the molecule is CN=C(NCCN1CCN(C(=O)OC(C)(C)C)CC1)N1CCC(Oc2ccccc2)CC1.I. The van der Waals surface area contributed by atoms with Crippen molar-refractivity contribution in [3.8, 4) is 5.75 Å². The lowest BCUT2D eigenvalue weighted by atomic mass is 10.1. The molecule has 0 aliphatic carbocycles. The van der Waals surface area contributed by atoms with Crippen LogP contribution in [0.3, 0.4) is 0 Å². The molecule has 3 rings (SSSR count). The highest BCUT2D eigenvalue weighted by Crippen LogP contribution is 2.18. The molecule has 8 nitrogen and oxygen atoms in total. The zero-order chi connectivity index (χ0) is 23.0. The van der Waals surface area contributed by atoms with E-state index in [0.29, 0.717) is 13.1 Å². The van der Waals surface area contributed by atoms with Gasteiger partial charge >= 0.3 is 6.09 Å². The lowest BCUT2D eigenvalue weighted by Crippen LogP contribution is -2.52. The molecule has 1 aromatic rings. The Morgan fingerprint density at radius 3 is 2.24 bits per heavy atom.